The van der Waals surface area contributed by atoms with E-state index in [4.69, 9.17) is 0 Å². The van der Waals surface area contributed by atoms with Crippen LogP contribution in [0.25, 0.3) is 0 Å². The number of carbonyl (C=O) groups is 2. The average molecular weight is 295 g/mol. The topological polar surface area (TPSA) is 46.6 Å². The number of hydrogen-bond donors (Lipinski definition) is 0. The lowest BCUT2D eigenvalue weighted by molar-refractivity contribution is -0.143. The summed E-state index contributed by atoms with van der Waals surface area (Å²) < 4.78 is 4.67. The Balaban J connectivity index is 2.60. The quantitative estimate of drug-likeness (QED) is 0.558. The molecule has 21 heavy (non-hydrogen) atoms. The van der Waals surface area contributed by atoms with Crippen molar-refractivity contribution in [3.8, 4) is 0 Å². The highest BCUT2D eigenvalue weighted by atomic mass is 16.5. The minimum absolute atomic E-state index is 0.0998. The minimum Gasteiger partial charge on any atom is -0.469 e. The average Bonchev–Trinajstić information content (AvgIpc) is 2.46. The molecule has 0 spiro atoms. The molecule has 1 aliphatic rings. The van der Waals surface area contributed by atoms with Gasteiger partial charge in [-0.15, -0.1) is 0 Å². The van der Waals surface area contributed by atoms with E-state index in [1.54, 1.807) is 0 Å². The molecule has 0 radical (unpaired) electrons. The second-order valence-electron chi connectivity index (χ2n) is 6.73. The molecule has 4 heteroatoms. The molecule has 1 rings (SSSR count). The lowest BCUT2D eigenvalue weighted by Gasteiger charge is -2.30. The third kappa shape index (κ3) is 6.32. The van der Waals surface area contributed by atoms with Crippen molar-refractivity contribution in [3.05, 3.63) is 11.6 Å². The van der Waals surface area contributed by atoms with Crippen molar-refractivity contribution < 1.29 is 14.3 Å². The Hall–Kier alpha value is -1.32. The summed E-state index contributed by atoms with van der Waals surface area (Å²) in [5.41, 5.74) is 1.03. The van der Waals surface area contributed by atoms with Gasteiger partial charge in [-0.3, -0.25) is 9.59 Å². The van der Waals surface area contributed by atoms with Gasteiger partial charge in [-0.25, -0.2) is 0 Å². The van der Waals surface area contributed by atoms with Gasteiger partial charge in [0.15, 0.2) is 0 Å². The molecular formula is C17H29NO3. The van der Waals surface area contributed by atoms with Gasteiger partial charge >= 0.3 is 5.97 Å². The van der Waals surface area contributed by atoms with Gasteiger partial charge in [-0.1, -0.05) is 32.4 Å². The highest BCUT2D eigenvalue weighted by molar-refractivity contribution is 5.82. The Kier molecular flexibility index (Phi) is 6.93. The summed E-state index contributed by atoms with van der Waals surface area (Å²) in [6.45, 7) is 6.88. The van der Waals surface area contributed by atoms with Gasteiger partial charge in [-0.2, -0.15) is 0 Å². The molecule has 0 saturated heterocycles. The normalized spacial score (nSPS) is 15.3. The number of nitrogens with zero attached hydrogens (tertiary/aromatic N) is 1. The molecule has 0 N–H and O–H groups in total. The van der Waals surface area contributed by atoms with E-state index >= 15 is 0 Å². The highest BCUT2D eigenvalue weighted by Gasteiger charge is 2.27. The molecule has 0 saturated carbocycles. The van der Waals surface area contributed by atoms with Gasteiger partial charge in [0.25, 0.3) is 0 Å². The van der Waals surface area contributed by atoms with E-state index < -0.39 is 5.41 Å². The first-order valence-electron chi connectivity index (χ1n) is 7.88. The number of rotatable bonds is 6. The first-order valence-corrected chi connectivity index (χ1v) is 7.88. The molecule has 0 atom stereocenters. The van der Waals surface area contributed by atoms with Gasteiger partial charge in [-0.05, 0) is 32.1 Å². The molecule has 120 valence electrons. The lowest BCUT2D eigenvalue weighted by atomic mass is 9.93. The molecule has 0 aliphatic heterocycles. The van der Waals surface area contributed by atoms with E-state index in [1.807, 2.05) is 25.7 Å². The molecule has 1 amide bonds. The van der Waals surface area contributed by atoms with Crippen LogP contribution in [-0.2, 0) is 14.3 Å². The van der Waals surface area contributed by atoms with Crippen molar-refractivity contribution in [2.24, 2.45) is 5.41 Å². The van der Waals surface area contributed by atoms with Crippen molar-refractivity contribution in [3.63, 3.8) is 0 Å². The molecule has 0 aromatic heterocycles. The number of carbonyl (C=O) groups excluding carboxylic acids is 2. The largest absolute Gasteiger partial charge is 0.469 e. The molecule has 0 fully saturated rings. The van der Waals surface area contributed by atoms with Crippen LogP contribution in [0.2, 0.25) is 0 Å². The molecular weight excluding hydrogens is 266 g/mol. The molecule has 0 bridgehead atoms. The second kappa shape index (κ2) is 8.20. The SMILES string of the molecule is COC(=O)CCN(CCC1=CCCCC1)C(=O)C(C)(C)C. The minimum atomic E-state index is -0.420. The number of ether oxygens (including phenoxy) is 1. The molecule has 0 aromatic rings. The van der Waals surface area contributed by atoms with Crippen molar-refractivity contribution in [1.29, 1.82) is 0 Å². The van der Waals surface area contributed by atoms with Crippen molar-refractivity contribution >= 4 is 11.9 Å². The monoisotopic (exact) mass is 295 g/mol. The molecule has 1 aliphatic carbocycles. The number of methoxy groups -OCH3 is 1. The Morgan fingerprint density at radius 2 is 1.95 bits per heavy atom. The number of amides is 1. The van der Waals surface area contributed by atoms with E-state index in [1.165, 1.54) is 25.5 Å². The van der Waals surface area contributed by atoms with Crippen molar-refractivity contribution in [1.82, 2.24) is 4.90 Å². The molecule has 4 nitrogen and oxygen atoms in total. The predicted molar refractivity (Wildman–Crippen MR) is 83.8 cm³/mol. The molecule has 0 heterocycles. The maximum atomic E-state index is 12.5. The number of esters is 1. The third-order valence-corrected chi connectivity index (χ3v) is 3.83. The zero-order valence-corrected chi connectivity index (χ0v) is 13.9. The van der Waals surface area contributed by atoms with Crippen LogP contribution in [0.15, 0.2) is 11.6 Å². The second-order valence-corrected chi connectivity index (χ2v) is 6.73. The van der Waals surface area contributed by atoms with E-state index in [2.05, 4.69) is 10.8 Å². The van der Waals surface area contributed by atoms with Crippen molar-refractivity contribution in [2.75, 3.05) is 20.2 Å². The Morgan fingerprint density at radius 1 is 1.24 bits per heavy atom. The number of allylic oxidation sites excluding steroid dienone is 1. The van der Waals surface area contributed by atoms with Crippen molar-refractivity contribution in [2.45, 2.75) is 59.3 Å². The third-order valence-electron chi connectivity index (χ3n) is 3.83. The standard InChI is InChI=1S/C17H29NO3/c1-17(2,3)16(20)18(13-11-15(19)21-4)12-10-14-8-6-5-7-9-14/h8H,5-7,9-13H2,1-4H3. The van der Waals surface area contributed by atoms with E-state index in [0.29, 0.717) is 13.1 Å². The molecule has 0 unspecified atom stereocenters. The van der Waals surface area contributed by atoms with Crippen LogP contribution in [0, 0.1) is 5.41 Å². The van der Waals surface area contributed by atoms with Crippen LogP contribution < -0.4 is 0 Å². The smallest absolute Gasteiger partial charge is 0.307 e. The van der Waals surface area contributed by atoms with Crippen LogP contribution in [0.5, 0.6) is 0 Å². The van der Waals surface area contributed by atoms with Gasteiger partial charge < -0.3 is 9.64 Å². The van der Waals surface area contributed by atoms with E-state index in [9.17, 15) is 9.59 Å². The first-order chi connectivity index (χ1) is 9.84. The fourth-order valence-electron chi connectivity index (χ4n) is 2.53. The summed E-state index contributed by atoms with van der Waals surface area (Å²) in [5, 5.41) is 0. The number of hydrogen-bond acceptors (Lipinski definition) is 3. The maximum Gasteiger partial charge on any atom is 0.307 e. The fourth-order valence-corrected chi connectivity index (χ4v) is 2.53. The molecule has 0 aromatic carbocycles. The highest BCUT2D eigenvalue weighted by Crippen LogP contribution is 2.22. The summed E-state index contributed by atoms with van der Waals surface area (Å²) >= 11 is 0. The Bertz CT molecular complexity index is 393. The van der Waals surface area contributed by atoms with Gasteiger partial charge in [0.1, 0.15) is 0 Å². The van der Waals surface area contributed by atoms with Gasteiger partial charge in [0.2, 0.25) is 5.91 Å². The fraction of sp³-hybridized carbons (Fsp3) is 0.765. The summed E-state index contributed by atoms with van der Waals surface area (Å²) in [4.78, 5) is 25.6. The summed E-state index contributed by atoms with van der Waals surface area (Å²) in [6, 6.07) is 0. The van der Waals surface area contributed by atoms with Gasteiger partial charge in [0.05, 0.1) is 13.5 Å². The van der Waals surface area contributed by atoms with Crippen LogP contribution >= 0.6 is 0 Å². The zero-order chi connectivity index (χ0) is 15.9. The lowest BCUT2D eigenvalue weighted by Crippen LogP contribution is -2.41. The summed E-state index contributed by atoms with van der Waals surface area (Å²) in [6.07, 6.45) is 8.32. The van der Waals surface area contributed by atoms with Crippen LogP contribution in [0.3, 0.4) is 0 Å². The van der Waals surface area contributed by atoms with Crippen LogP contribution in [0.1, 0.15) is 59.3 Å². The zero-order valence-electron chi connectivity index (χ0n) is 13.9. The Labute approximate surface area is 128 Å². The van der Waals surface area contributed by atoms with Crippen LogP contribution in [0.4, 0.5) is 0 Å². The first kappa shape index (κ1) is 17.7. The van der Waals surface area contributed by atoms with Crippen LogP contribution in [-0.4, -0.2) is 37.0 Å². The maximum absolute atomic E-state index is 12.5. The van der Waals surface area contributed by atoms with E-state index in [-0.39, 0.29) is 18.3 Å². The summed E-state index contributed by atoms with van der Waals surface area (Å²) in [5.74, 6) is -0.165. The predicted octanol–water partition coefficient (Wildman–Crippen LogP) is 3.31. The van der Waals surface area contributed by atoms with Gasteiger partial charge in [0, 0.05) is 18.5 Å². The summed E-state index contributed by atoms with van der Waals surface area (Å²) in [7, 11) is 1.38. The Morgan fingerprint density at radius 3 is 2.48 bits per heavy atom. The van der Waals surface area contributed by atoms with E-state index in [0.717, 1.165) is 19.3 Å².